The van der Waals surface area contributed by atoms with E-state index in [1.165, 1.54) is 16.4 Å². The number of nitrogens with one attached hydrogen (secondary N) is 1. The second kappa shape index (κ2) is 8.16. The molecule has 0 aliphatic carbocycles. The van der Waals surface area contributed by atoms with E-state index in [2.05, 4.69) is 5.32 Å². The lowest BCUT2D eigenvalue weighted by Gasteiger charge is -2.36. The zero-order valence-corrected chi connectivity index (χ0v) is 15.8. The van der Waals surface area contributed by atoms with Crippen LogP contribution in [0.5, 0.6) is 0 Å². The van der Waals surface area contributed by atoms with Gasteiger partial charge in [0, 0.05) is 26.2 Å². The fourth-order valence-electron chi connectivity index (χ4n) is 3.04. The van der Waals surface area contributed by atoms with Crippen molar-refractivity contribution in [3.8, 4) is 0 Å². The summed E-state index contributed by atoms with van der Waals surface area (Å²) in [5.74, 6) is -0.809. The molecule has 3 rings (SSSR count). The zero-order valence-electron chi connectivity index (χ0n) is 15.0. The Kier molecular flexibility index (Phi) is 5.88. The summed E-state index contributed by atoms with van der Waals surface area (Å²) < 4.78 is 40.5. The molecule has 2 aromatic rings. The van der Waals surface area contributed by atoms with Crippen LogP contribution >= 0.6 is 0 Å². The van der Waals surface area contributed by atoms with Crippen LogP contribution in [0.4, 0.5) is 10.1 Å². The molecule has 8 heteroatoms. The first-order valence-corrected chi connectivity index (χ1v) is 10.2. The van der Waals surface area contributed by atoms with Gasteiger partial charge in [-0.05, 0) is 31.2 Å². The number of nitrogens with zero attached hydrogens (tertiary/aromatic N) is 2. The van der Waals surface area contributed by atoms with Crippen LogP contribution in [-0.4, -0.2) is 55.8 Å². The van der Waals surface area contributed by atoms with Crippen molar-refractivity contribution in [2.75, 3.05) is 31.5 Å². The highest BCUT2D eigenvalue weighted by Crippen LogP contribution is 2.19. The quantitative estimate of drug-likeness (QED) is 0.848. The number of carbonyl (C=O) groups is 1. The third kappa shape index (κ3) is 4.35. The van der Waals surface area contributed by atoms with E-state index in [1.54, 1.807) is 49.4 Å². The standard InChI is InChI=1S/C19H22FN3O3S/c1-15(19(24)21-18-10-6-5-9-17(18)20)22-11-13-23(14-12-22)27(25,26)16-7-3-2-4-8-16/h2-10,15H,11-14H2,1H3,(H,21,24)/t15-/m1/s1. The molecule has 1 N–H and O–H groups in total. The molecule has 1 heterocycles. The summed E-state index contributed by atoms with van der Waals surface area (Å²) >= 11 is 0. The fraction of sp³-hybridized carbons (Fsp3) is 0.316. The van der Waals surface area contributed by atoms with Gasteiger partial charge in [0.05, 0.1) is 16.6 Å². The summed E-state index contributed by atoms with van der Waals surface area (Å²) in [6.45, 7) is 3.19. The van der Waals surface area contributed by atoms with Crippen molar-refractivity contribution in [2.45, 2.75) is 17.9 Å². The maximum atomic E-state index is 13.7. The number of hydrogen-bond donors (Lipinski definition) is 1. The Morgan fingerprint density at radius 2 is 1.59 bits per heavy atom. The molecule has 0 radical (unpaired) electrons. The average Bonchev–Trinajstić information content (AvgIpc) is 2.70. The van der Waals surface area contributed by atoms with Crippen LogP contribution in [-0.2, 0) is 14.8 Å². The predicted molar refractivity (Wildman–Crippen MR) is 101 cm³/mol. The molecular formula is C19H22FN3O3S. The molecule has 1 saturated heterocycles. The number of anilines is 1. The van der Waals surface area contributed by atoms with Gasteiger partial charge >= 0.3 is 0 Å². The van der Waals surface area contributed by atoms with Crippen molar-refractivity contribution >= 4 is 21.6 Å². The van der Waals surface area contributed by atoms with Crippen LogP contribution in [0.2, 0.25) is 0 Å². The van der Waals surface area contributed by atoms with Gasteiger partial charge in [0.15, 0.2) is 0 Å². The van der Waals surface area contributed by atoms with Crippen molar-refractivity contribution in [3.63, 3.8) is 0 Å². The SMILES string of the molecule is C[C@H](C(=O)Nc1ccccc1F)N1CCN(S(=O)(=O)c2ccccc2)CC1. The molecule has 1 aliphatic heterocycles. The number of halogens is 1. The lowest BCUT2D eigenvalue weighted by Crippen LogP contribution is -2.53. The van der Waals surface area contributed by atoms with Gasteiger partial charge in [-0.25, -0.2) is 12.8 Å². The Labute approximate surface area is 158 Å². The van der Waals surface area contributed by atoms with E-state index in [1.807, 2.05) is 4.90 Å². The number of carbonyl (C=O) groups excluding carboxylic acids is 1. The van der Waals surface area contributed by atoms with Crippen LogP contribution in [0.25, 0.3) is 0 Å². The molecule has 2 aromatic carbocycles. The van der Waals surface area contributed by atoms with Crippen molar-refractivity contribution in [3.05, 3.63) is 60.4 Å². The molecule has 1 amide bonds. The summed E-state index contributed by atoms with van der Waals surface area (Å²) in [5, 5.41) is 2.59. The third-order valence-corrected chi connectivity index (χ3v) is 6.63. The van der Waals surface area contributed by atoms with Gasteiger partial charge in [0.2, 0.25) is 15.9 Å². The zero-order chi connectivity index (χ0) is 19.4. The van der Waals surface area contributed by atoms with E-state index in [0.717, 1.165) is 0 Å². The third-order valence-electron chi connectivity index (χ3n) is 4.71. The molecule has 0 unspecified atom stereocenters. The number of hydrogen-bond acceptors (Lipinski definition) is 4. The number of amides is 1. The number of sulfonamides is 1. The molecule has 0 aromatic heterocycles. The number of piperazine rings is 1. The van der Waals surface area contributed by atoms with Crippen LogP contribution < -0.4 is 5.32 Å². The minimum atomic E-state index is -3.53. The second-order valence-electron chi connectivity index (χ2n) is 6.40. The van der Waals surface area contributed by atoms with E-state index in [0.29, 0.717) is 26.2 Å². The Morgan fingerprint density at radius 3 is 2.22 bits per heavy atom. The van der Waals surface area contributed by atoms with E-state index in [4.69, 9.17) is 0 Å². The summed E-state index contributed by atoms with van der Waals surface area (Å²) in [4.78, 5) is 14.6. The highest BCUT2D eigenvalue weighted by molar-refractivity contribution is 7.89. The predicted octanol–water partition coefficient (Wildman–Crippen LogP) is 2.16. The summed E-state index contributed by atoms with van der Waals surface area (Å²) in [7, 11) is -3.53. The maximum absolute atomic E-state index is 13.7. The first-order chi connectivity index (χ1) is 12.9. The Hall–Kier alpha value is -2.29. The maximum Gasteiger partial charge on any atom is 0.243 e. The Bertz CT molecular complexity index is 897. The van der Waals surface area contributed by atoms with Gasteiger partial charge in [-0.15, -0.1) is 0 Å². The topological polar surface area (TPSA) is 69.7 Å². The van der Waals surface area contributed by atoms with Crippen LogP contribution in [0, 0.1) is 5.82 Å². The molecule has 0 spiro atoms. The Balaban J connectivity index is 1.60. The number of para-hydroxylation sites is 1. The normalized spacial score (nSPS) is 17.4. The second-order valence-corrected chi connectivity index (χ2v) is 8.34. The van der Waals surface area contributed by atoms with Crippen molar-refractivity contribution < 1.29 is 17.6 Å². The number of benzene rings is 2. The minimum absolute atomic E-state index is 0.139. The van der Waals surface area contributed by atoms with Crippen molar-refractivity contribution in [2.24, 2.45) is 0 Å². The molecule has 27 heavy (non-hydrogen) atoms. The van der Waals surface area contributed by atoms with Gasteiger partial charge in [0.25, 0.3) is 0 Å². The molecule has 6 nitrogen and oxygen atoms in total. The first-order valence-electron chi connectivity index (χ1n) is 8.74. The molecule has 0 saturated carbocycles. The van der Waals surface area contributed by atoms with Gasteiger partial charge in [-0.1, -0.05) is 30.3 Å². The fourth-order valence-corrected chi connectivity index (χ4v) is 4.48. The number of rotatable bonds is 5. The van der Waals surface area contributed by atoms with Gasteiger partial charge < -0.3 is 5.32 Å². The van der Waals surface area contributed by atoms with E-state index >= 15 is 0 Å². The lowest BCUT2D eigenvalue weighted by atomic mass is 10.2. The highest BCUT2D eigenvalue weighted by atomic mass is 32.2. The molecule has 1 atom stereocenters. The summed E-state index contributed by atoms with van der Waals surface area (Å²) in [6, 6.07) is 13.8. The van der Waals surface area contributed by atoms with E-state index in [9.17, 15) is 17.6 Å². The van der Waals surface area contributed by atoms with Gasteiger partial charge in [-0.3, -0.25) is 9.69 Å². The molecule has 0 bridgehead atoms. The van der Waals surface area contributed by atoms with Gasteiger partial charge in [0.1, 0.15) is 5.82 Å². The van der Waals surface area contributed by atoms with Crippen molar-refractivity contribution in [1.82, 2.24) is 9.21 Å². The van der Waals surface area contributed by atoms with Crippen LogP contribution in [0.1, 0.15) is 6.92 Å². The van der Waals surface area contributed by atoms with E-state index < -0.39 is 21.9 Å². The van der Waals surface area contributed by atoms with E-state index in [-0.39, 0.29) is 16.5 Å². The summed E-state index contributed by atoms with van der Waals surface area (Å²) in [6.07, 6.45) is 0. The van der Waals surface area contributed by atoms with Crippen LogP contribution in [0.3, 0.4) is 0 Å². The first kappa shape index (κ1) is 19.5. The monoisotopic (exact) mass is 391 g/mol. The van der Waals surface area contributed by atoms with Crippen LogP contribution in [0.15, 0.2) is 59.5 Å². The highest BCUT2D eigenvalue weighted by Gasteiger charge is 2.31. The average molecular weight is 391 g/mol. The molecular weight excluding hydrogens is 369 g/mol. The molecule has 1 aliphatic rings. The molecule has 1 fully saturated rings. The largest absolute Gasteiger partial charge is 0.322 e. The van der Waals surface area contributed by atoms with Crippen molar-refractivity contribution in [1.29, 1.82) is 0 Å². The molecule has 144 valence electrons. The minimum Gasteiger partial charge on any atom is -0.322 e. The Morgan fingerprint density at radius 1 is 1.00 bits per heavy atom. The smallest absolute Gasteiger partial charge is 0.243 e. The van der Waals surface area contributed by atoms with Gasteiger partial charge in [-0.2, -0.15) is 4.31 Å². The summed E-state index contributed by atoms with van der Waals surface area (Å²) in [5.41, 5.74) is 0.139. The lowest BCUT2D eigenvalue weighted by molar-refractivity contribution is -0.121.